The molecule has 2 atom stereocenters. The molecule has 34 heavy (non-hydrogen) atoms. The number of aryl methyl sites for hydroxylation is 1. The van der Waals surface area contributed by atoms with Crippen LogP contribution in [0.1, 0.15) is 23.6 Å². The molecule has 2 amide bonds. The second-order valence-corrected chi connectivity index (χ2v) is 9.63. The molecule has 2 aliphatic heterocycles. The van der Waals surface area contributed by atoms with Crippen LogP contribution in [-0.4, -0.2) is 39.0 Å². The van der Waals surface area contributed by atoms with Gasteiger partial charge in [0.05, 0.1) is 10.9 Å². The molecule has 7 heteroatoms. The van der Waals surface area contributed by atoms with Gasteiger partial charge in [-0.05, 0) is 43.2 Å². The summed E-state index contributed by atoms with van der Waals surface area (Å²) in [6.07, 6.45) is 0.512. The van der Waals surface area contributed by atoms with Crippen molar-refractivity contribution in [1.82, 2.24) is 4.90 Å². The zero-order chi connectivity index (χ0) is 23.7. The zero-order valence-corrected chi connectivity index (χ0v) is 19.8. The second kappa shape index (κ2) is 9.27. The number of rotatable bonds is 5. The summed E-state index contributed by atoms with van der Waals surface area (Å²) in [5.74, 6) is 0.288. The molecule has 0 aromatic heterocycles. The molecule has 3 aromatic carbocycles. The number of hydrogen-bond donors (Lipinski definition) is 1. The number of amides is 2. The number of amidine groups is 2. The molecule has 0 saturated heterocycles. The average molecular weight is 469 g/mol. The fourth-order valence-electron chi connectivity index (χ4n) is 4.08. The van der Waals surface area contributed by atoms with Crippen molar-refractivity contribution in [3.8, 4) is 0 Å². The predicted octanol–water partition coefficient (Wildman–Crippen LogP) is 4.96. The number of thioether (sulfide) groups is 1. The normalized spacial score (nSPS) is 17.4. The van der Waals surface area contributed by atoms with Crippen molar-refractivity contribution >= 4 is 46.0 Å². The highest BCUT2D eigenvalue weighted by atomic mass is 32.2. The summed E-state index contributed by atoms with van der Waals surface area (Å²) in [6, 6.07) is 24.7. The lowest BCUT2D eigenvalue weighted by molar-refractivity contribution is -0.119. The van der Waals surface area contributed by atoms with E-state index < -0.39 is 11.3 Å². The van der Waals surface area contributed by atoms with Crippen LogP contribution >= 0.6 is 11.8 Å². The average Bonchev–Trinajstić information content (AvgIpc) is 3.17. The Morgan fingerprint density at radius 3 is 2.50 bits per heavy atom. The maximum Gasteiger partial charge on any atom is 0.271 e. The number of hydrogen-bond acceptors (Lipinski definition) is 5. The number of nitrogens with one attached hydrogen (secondary N) is 1. The molecule has 0 spiro atoms. The molecular weight excluding hydrogens is 444 g/mol. The molecule has 0 saturated carbocycles. The van der Waals surface area contributed by atoms with Gasteiger partial charge in [0, 0.05) is 17.7 Å². The summed E-state index contributed by atoms with van der Waals surface area (Å²) in [4.78, 5) is 37.2. The third-order valence-electron chi connectivity index (χ3n) is 5.93. The van der Waals surface area contributed by atoms with Crippen LogP contribution in [0.3, 0.4) is 0 Å². The van der Waals surface area contributed by atoms with Gasteiger partial charge >= 0.3 is 0 Å². The van der Waals surface area contributed by atoms with Crippen LogP contribution in [0, 0.1) is 6.92 Å². The van der Waals surface area contributed by atoms with Crippen LogP contribution in [0.25, 0.3) is 0 Å². The quantitative estimate of drug-likeness (QED) is 0.575. The Bertz CT molecular complexity index is 1320. The van der Waals surface area contributed by atoms with Gasteiger partial charge in [-0.15, -0.1) is 0 Å². The first-order chi connectivity index (χ1) is 16.5. The molecule has 2 heterocycles. The van der Waals surface area contributed by atoms with Gasteiger partial charge in [-0.3, -0.25) is 14.5 Å². The largest absolute Gasteiger partial charge is 0.325 e. The van der Waals surface area contributed by atoms with Crippen LogP contribution in [0.2, 0.25) is 0 Å². The Morgan fingerprint density at radius 2 is 1.71 bits per heavy atom. The zero-order valence-electron chi connectivity index (χ0n) is 18.9. The van der Waals surface area contributed by atoms with Crippen molar-refractivity contribution in [2.75, 3.05) is 5.32 Å². The smallest absolute Gasteiger partial charge is 0.271 e. The predicted molar refractivity (Wildman–Crippen MR) is 138 cm³/mol. The first-order valence-electron chi connectivity index (χ1n) is 11.2. The first kappa shape index (κ1) is 22.1. The van der Waals surface area contributed by atoms with Crippen molar-refractivity contribution in [3.05, 3.63) is 95.6 Å². The highest BCUT2D eigenvalue weighted by Gasteiger charge is 2.42. The Labute approximate surface area is 202 Å². The van der Waals surface area contributed by atoms with E-state index in [2.05, 4.69) is 10.3 Å². The first-order valence-corrected chi connectivity index (χ1v) is 12.1. The molecule has 6 nitrogen and oxygen atoms in total. The van der Waals surface area contributed by atoms with E-state index in [1.54, 1.807) is 0 Å². The van der Waals surface area contributed by atoms with Crippen LogP contribution in [0.15, 0.2) is 88.8 Å². The monoisotopic (exact) mass is 468 g/mol. The van der Waals surface area contributed by atoms with Crippen molar-refractivity contribution < 1.29 is 9.59 Å². The molecule has 2 aliphatic rings. The standard InChI is InChI=1S/C27H24N4O2S/c1-17-10-6-8-14-21(17)28-25(32)18(2)34-27-29-22-15-9-7-13-20(22)24-30-26(33)23(31(24)27)16-19-11-4-3-5-12-19/h3-15,18,23H,16H2,1-2H3,(H,28,32). The van der Waals surface area contributed by atoms with Crippen LogP contribution < -0.4 is 5.32 Å². The van der Waals surface area contributed by atoms with E-state index in [1.807, 2.05) is 97.6 Å². The maximum absolute atomic E-state index is 13.0. The highest BCUT2D eigenvalue weighted by Crippen LogP contribution is 2.36. The topological polar surface area (TPSA) is 74.1 Å². The molecule has 2 unspecified atom stereocenters. The van der Waals surface area contributed by atoms with Crippen LogP contribution in [0.4, 0.5) is 11.4 Å². The van der Waals surface area contributed by atoms with E-state index in [9.17, 15) is 9.59 Å². The number of anilines is 1. The van der Waals surface area contributed by atoms with Gasteiger partial charge in [0.2, 0.25) is 5.91 Å². The summed E-state index contributed by atoms with van der Waals surface area (Å²) < 4.78 is 0. The fourth-order valence-corrected chi connectivity index (χ4v) is 5.04. The van der Waals surface area contributed by atoms with Gasteiger partial charge in [0.15, 0.2) is 5.17 Å². The lowest BCUT2D eigenvalue weighted by atomic mass is 10.0. The minimum Gasteiger partial charge on any atom is -0.325 e. The van der Waals surface area contributed by atoms with E-state index in [1.165, 1.54) is 11.8 Å². The summed E-state index contributed by atoms with van der Waals surface area (Å²) in [7, 11) is 0. The SMILES string of the molecule is Cc1ccccc1NC(=O)C(C)SC1=Nc2ccccc2C2=NC(=O)C(Cc3ccccc3)N12. The number of carbonyl (C=O) groups excluding carboxylic acids is 2. The molecule has 0 fully saturated rings. The lowest BCUT2D eigenvalue weighted by Crippen LogP contribution is -2.45. The molecular formula is C27H24N4O2S. The van der Waals surface area contributed by atoms with Crippen molar-refractivity contribution in [2.24, 2.45) is 9.98 Å². The third-order valence-corrected chi connectivity index (χ3v) is 7.00. The summed E-state index contributed by atoms with van der Waals surface area (Å²) in [6.45, 7) is 3.81. The molecule has 170 valence electrons. The lowest BCUT2D eigenvalue weighted by Gasteiger charge is -2.32. The number of para-hydroxylation sites is 2. The molecule has 0 bridgehead atoms. The van der Waals surface area contributed by atoms with Gasteiger partial charge in [-0.25, -0.2) is 4.99 Å². The number of carbonyl (C=O) groups is 2. The van der Waals surface area contributed by atoms with Gasteiger partial charge in [-0.2, -0.15) is 4.99 Å². The Balaban J connectivity index is 1.44. The molecule has 5 rings (SSSR count). The number of aliphatic imine (C=N–C) groups is 2. The third kappa shape index (κ3) is 4.26. The van der Waals surface area contributed by atoms with E-state index in [4.69, 9.17) is 4.99 Å². The molecule has 3 aromatic rings. The molecule has 1 N–H and O–H groups in total. The number of nitrogens with zero attached hydrogens (tertiary/aromatic N) is 3. The summed E-state index contributed by atoms with van der Waals surface area (Å²) >= 11 is 1.34. The number of fused-ring (bicyclic) bond motifs is 3. The molecule has 0 aliphatic carbocycles. The fraction of sp³-hybridized carbons (Fsp3) is 0.185. The number of benzene rings is 3. The summed E-state index contributed by atoms with van der Waals surface area (Å²) in [5, 5.41) is 3.18. The summed E-state index contributed by atoms with van der Waals surface area (Å²) in [5.41, 5.74) is 4.41. The Hall–Kier alpha value is -3.71. The van der Waals surface area contributed by atoms with Crippen LogP contribution in [0.5, 0.6) is 0 Å². The van der Waals surface area contributed by atoms with E-state index in [0.717, 1.165) is 28.1 Å². The molecule has 0 radical (unpaired) electrons. The van der Waals surface area contributed by atoms with Gasteiger partial charge < -0.3 is 5.32 Å². The van der Waals surface area contributed by atoms with E-state index >= 15 is 0 Å². The van der Waals surface area contributed by atoms with Crippen LogP contribution in [-0.2, 0) is 16.0 Å². The Kier molecular flexibility index (Phi) is 6.02. The second-order valence-electron chi connectivity index (χ2n) is 8.32. The van der Waals surface area contributed by atoms with E-state index in [0.29, 0.717) is 17.4 Å². The van der Waals surface area contributed by atoms with Crippen molar-refractivity contribution in [1.29, 1.82) is 0 Å². The van der Waals surface area contributed by atoms with Crippen molar-refractivity contribution in [2.45, 2.75) is 31.6 Å². The maximum atomic E-state index is 13.0. The van der Waals surface area contributed by atoms with E-state index in [-0.39, 0.29) is 11.8 Å². The van der Waals surface area contributed by atoms with Gasteiger partial charge in [0.1, 0.15) is 11.9 Å². The minimum atomic E-state index is -0.497. The van der Waals surface area contributed by atoms with Gasteiger partial charge in [-0.1, -0.05) is 72.4 Å². The minimum absolute atomic E-state index is 0.121. The van der Waals surface area contributed by atoms with Crippen molar-refractivity contribution in [3.63, 3.8) is 0 Å². The Morgan fingerprint density at radius 1 is 1.00 bits per heavy atom. The highest BCUT2D eigenvalue weighted by molar-refractivity contribution is 8.14. The van der Waals surface area contributed by atoms with Gasteiger partial charge in [0.25, 0.3) is 5.91 Å².